The smallest absolute Gasteiger partial charge is 0.101 e. The fraction of sp³-hybridized carbons (Fsp3) is 0.148. The van der Waals surface area contributed by atoms with E-state index in [-0.39, 0.29) is 17.0 Å². The third-order valence-corrected chi connectivity index (χ3v) is 12.7. The van der Waals surface area contributed by atoms with Gasteiger partial charge in [-0.3, -0.25) is 0 Å². The lowest BCUT2D eigenvalue weighted by molar-refractivity contribution is 0.659. The van der Waals surface area contributed by atoms with Crippen LogP contribution in [0.2, 0.25) is 0 Å². The van der Waals surface area contributed by atoms with Gasteiger partial charge in [0.05, 0.1) is 0 Å². The number of allylic oxidation sites excluding steroid dienone is 1. The minimum atomic E-state index is -0.352. The zero-order valence-electron chi connectivity index (χ0n) is 32.5. The van der Waals surface area contributed by atoms with E-state index in [9.17, 15) is 0 Å². The predicted molar refractivity (Wildman–Crippen MR) is 237 cm³/mol. The van der Waals surface area contributed by atoms with Gasteiger partial charge in [0, 0.05) is 16.5 Å². The van der Waals surface area contributed by atoms with Crippen molar-refractivity contribution in [2.75, 3.05) is 0 Å². The molecular weight excluding hydrogens is 677 g/mol. The van der Waals surface area contributed by atoms with Gasteiger partial charge in [-0.25, -0.2) is 0 Å². The molecule has 8 aromatic rings. The van der Waals surface area contributed by atoms with E-state index in [1.54, 1.807) is 0 Å². The molecule has 2 aliphatic carbocycles. The molecule has 0 aliphatic heterocycles. The molecular formula is C54H46N2. The monoisotopic (exact) mass is 722 g/mol. The number of nitrogens with two attached hydrogens (primary N) is 1. The Morgan fingerprint density at radius 1 is 0.536 bits per heavy atom. The summed E-state index contributed by atoms with van der Waals surface area (Å²) in [6.07, 6.45) is 2.74. The Balaban J connectivity index is 1.02. The van der Waals surface area contributed by atoms with Crippen molar-refractivity contribution in [3.05, 3.63) is 209 Å². The maximum Gasteiger partial charge on any atom is 0.101 e. The molecule has 10 rings (SSSR count). The third kappa shape index (κ3) is 5.43. The lowest BCUT2D eigenvalue weighted by atomic mass is 9.81. The highest BCUT2D eigenvalue weighted by molar-refractivity contribution is 6.02. The number of rotatable bonds is 7. The Hall–Kier alpha value is -6.22. The zero-order chi connectivity index (χ0) is 38.2. The van der Waals surface area contributed by atoms with E-state index in [2.05, 4.69) is 185 Å². The van der Waals surface area contributed by atoms with Crippen LogP contribution in [0.1, 0.15) is 72.8 Å². The number of fused-ring (bicyclic) bond motifs is 9. The van der Waals surface area contributed by atoms with Gasteiger partial charge >= 0.3 is 0 Å². The molecule has 0 aromatic heterocycles. The summed E-state index contributed by atoms with van der Waals surface area (Å²) >= 11 is 0. The minimum Gasteiger partial charge on any atom is -0.366 e. The first-order chi connectivity index (χ1) is 27.2. The molecule has 1 atom stereocenters. The minimum absolute atomic E-state index is 0.0819. The van der Waals surface area contributed by atoms with Crippen molar-refractivity contribution in [1.29, 1.82) is 0 Å². The highest BCUT2D eigenvalue weighted by Crippen LogP contribution is 2.54. The molecule has 2 aliphatic rings. The summed E-state index contributed by atoms with van der Waals surface area (Å²) in [6, 6.07) is 60.1. The van der Waals surface area contributed by atoms with E-state index in [1.165, 1.54) is 82.7 Å². The van der Waals surface area contributed by atoms with Gasteiger partial charge in [-0.15, -0.1) is 0 Å². The molecule has 0 heterocycles. The summed E-state index contributed by atoms with van der Waals surface area (Å²) in [7, 11) is 0. The summed E-state index contributed by atoms with van der Waals surface area (Å²) in [4.78, 5) is 0. The zero-order valence-corrected chi connectivity index (χ0v) is 32.5. The second kappa shape index (κ2) is 12.9. The number of nitrogens with one attached hydrogen (secondary N) is 1. The van der Waals surface area contributed by atoms with Gasteiger partial charge in [0.15, 0.2) is 0 Å². The molecule has 272 valence electrons. The van der Waals surface area contributed by atoms with Crippen LogP contribution in [0, 0.1) is 0 Å². The van der Waals surface area contributed by atoms with Crippen LogP contribution in [0.5, 0.6) is 0 Å². The Labute approximate surface area is 330 Å². The van der Waals surface area contributed by atoms with E-state index in [1.807, 2.05) is 18.2 Å². The highest BCUT2D eigenvalue weighted by Gasteiger charge is 2.38. The normalized spacial score (nSPS) is 15.3. The molecule has 0 spiro atoms. The molecule has 0 saturated carbocycles. The molecule has 56 heavy (non-hydrogen) atoms. The Morgan fingerprint density at radius 2 is 1.20 bits per heavy atom. The molecule has 0 radical (unpaired) electrons. The van der Waals surface area contributed by atoms with Crippen LogP contribution in [0.3, 0.4) is 0 Å². The van der Waals surface area contributed by atoms with Crippen LogP contribution >= 0.6 is 0 Å². The second-order valence-electron chi connectivity index (χ2n) is 16.7. The van der Waals surface area contributed by atoms with Crippen molar-refractivity contribution in [2.45, 2.75) is 51.1 Å². The number of hydrogen-bond acceptors (Lipinski definition) is 2. The van der Waals surface area contributed by atoms with Crippen molar-refractivity contribution >= 4 is 27.2 Å². The largest absolute Gasteiger partial charge is 0.366 e. The van der Waals surface area contributed by atoms with E-state index >= 15 is 0 Å². The topological polar surface area (TPSA) is 38.0 Å². The van der Waals surface area contributed by atoms with Crippen molar-refractivity contribution in [1.82, 2.24) is 5.32 Å². The maximum atomic E-state index is 6.85. The van der Waals surface area contributed by atoms with E-state index < -0.39 is 0 Å². The molecule has 0 saturated heterocycles. The summed E-state index contributed by atoms with van der Waals surface area (Å²) < 4.78 is 0. The van der Waals surface area contributed by atoms with Gasteiger partial charge in [-0.05, 0) is 112 Å². The Morgan fingerprint density at radius 3 is 1.96 bits per heavy atom. The molecule has 0 bridgehead atoms. The van der Waals surface area contributed by atoms with Gasteiger partial charge in [-0.1, -0.05) is 185 Å². The van der Waals surface area contributed by atoms with Crippen LogP contribution in [0.25, 0.3) is 60.6 Å². The van der Waals surface area contributed by atoms with Crippen molar-refractivity contribution in [2.24, 2.45) is 5.73 Å². The quantitative estimate of drug-likeness (QED) is 0.161. The standard InChI is InChI=1S/C54H46N2/c1-53(2)45-20-12-19-42(51(45)44-32-39-16-8-9-17-40(39)33-48(44)53)36-23-25-37(26-24-36)49(56-52(55)38-14-6-5-7-15-38)30-22-34-21-28-43-47(31-34)54(3,4)46-29-27-35-13-10-11-18-41(35)50(43)46/h5-21,23-33,52,56H,22,55H2,1-4H3/b49-30-. The molecule has 0 amide bonds. The van der Waals surface area contributed by atoms with Gasteiger partial charge in [-0.2, -0.15) is 0 Å². The van der Waals surface area contributed by atoms with Gasteiger partial charge in [0.25, 0.3) is 0 Å². The van der Waals surface area contributed by atoms with Crippen molar-refractivity contribution in [3.63, 3.8) is 0 Å². The summed E-state index contributed by atoms with van der Waals surface area (Å²) in [6.45, 7) is 9.45. The fourth-order valence-corrected chi connectivity index (χ4v) is 9.61. The molecule has 2 heteroatoms. The Bertz CT molecular complexity index is 2860. The molecule has 1 unspecified atom stereocenters. The second-order valence-corrected chi connectivity index (χ2v) is 16.7. The first-order valence-corrected chi connectivity index (χ1v) is 19.9. The average molecular weight is 723 g/mol. The van der Waals surface area contributed by atoms with Crippen molar-refractivity contribution < 1.29 is 0 Å². The molecule has 3 N–H and O–H groups in total. The lowest BCUT2D eigenvalue weighted by Crippen LogP contribution is -2.27. The summed E-state index contributed by atoms with van der Waals surface area (Å²) in [5.74, 6) is 0. The van der Waals surface area contributed by atoms with Crippen LogP contribution < -0.4 is 11.1 Å². The Kier molecular flexibility index (Phi) is 7.92. The first kappa shape index (κ1) is 34.3. The van der Waals surface area contributed by atoms with Gasteiger partial charge < -0.3 is 11.1 Å². The third-order valence-electron chi connectivity index (χ3n) is 12.7. The number of hydrogen-bond donors (Lipinski definition) is 2. The predicted octanol–water partition coefficient (Wildman–Crippen LogP) is 13.1. The van der Waals surface area contributed by atoms with Crippen LogP contribution in [0.15, 0.2) is 170 Å². The maximum absolute atomic E-state index is 6.85. The SMILES string of the molecule is CC1(C)c2cc3ccccc3cc2-c2c(-c3ccc(/C(=C/Cc4ccc5c(c4)C(C)(C)c4ccc6ccccc6c4-5)NC(N)c4ccccc4)cc3)cccc21. The number of benzene rings is 8. The highest BCUT2D eigenvalue weighted by atomic mass is 15.0. The molecule has 2 nitrogen and oxygen atoms in total. The van der Waals surface area contributed by atoms with E-state index in [0.29, 0.717) is 0 Å². The molecule has 0 fully saturated rings. The molecule has 8 aromatic carbocycles. The van der Waals surface area contributed by atoms with E-state index in [4.69, 9.17) is 5.73 Å². The fourth-order valence-electron chi connectivity index (χ4n) is 9.61. The lowest BCUT2D eigenvalue weighted by Gasteiger charge is -2.22. The van der Waals surface area contributed by atoms with Crippen molar-refractivity contribution in [3.8, 4) is 33.4 Å². The first-order valence-electron chi connectivity index (χ1n) is 19.9. The average Bonchev–Trinajstić information content (AvgIpc) is 3.60. The van der Waals surface area contributed by atoms with Gasteiger partial charge in [0.1, 0.15) is 6.17 Å². The van der Waals surface area contributed by atoms with E-state index in [0.717, 1.165) is 23.2 Å². The van der Waals surface area contributed by atoms with Crippen LogP contribution in [0.4, 0.5) is 0 Å². The van der Waals surface area contributed by atoms with Crippen LogP contribution in [-0.2, 0) is 17.3 Å². The summed E-state index contributed by atoms with van der Waals surface area (Å²) in [5.41, 5.74) is 24.6. The summed E-state index contributed by atoms with van der Waals surface area (Å²) in [5, 5.41) is 8.89. The van der Waals surface area contributed by atoms with Crippen LogP contribution in [-0.4, -0.2) is 0 Å². The van der Waals surface area contributed by atoms with Gasteiger partial charge in [0.2, 0.25) is 0 Å².